The van der Waals surface area contributed by atoms with Crippen molar-refractivity contribution >= 4 is 5.78 Å². The van der Waals surface area contributed by atoms with E-state index in [-0.39, 0.29) is 16.9 Å². The zero-order chi connectivity index (χ0) is 15.6. The van der Waals surface area contributed by atoms with Crippen molar-refractivity contribution in [3.05, 3.63) is 58.9 Å². The van der Waals surface area contributed by atoms with E-state index in [2.05, 4.69) is 0 Å². The van der Waals surface area contributed by atoms with E-state index in [1.54, 1.807) is 0 Å². The highest BCUT2D eigenvalue weighted by Gasteiger charge is 2.19. The second kappa shape index (κ2) is 5.87. The highest BCUT2D eigenvalue weighted by molar-refractivity contribution is 6.10. The molecule has 0 aliphatic carbocycles. The molecule has 3 nitrogen and oxygen atoms in total. The van der Waals surface area contributed by atoms with Gasteiger partial charge in [0.25, 0.3) is 0 Å². The largest absolute Gasteiger partial charge is 0.497 e. The van der Waals surface area contributed by atoms with Crippen LogP contribution in [0.2, 0.25) is 0 Å². The van der Waals surface area contributed by atoms with E-state index >= 15 is 0 Å². The molecule has 0 heterocycles. The topological polar surface area (TPSA) is 35.5 Å². The Hall–Kier alpha value is -2.50. The van der Waals surface area contributed by atoms with Crippen molar-refractivity contribution in [3.63, 3.8) is 0 Å². The van der Waals surface area contributed by atoms with Crippen molar-refractivity contribution in [3.8, 4) is 11.5 Å². The van der Waals surface area contributed by atoms with Gasteiger partial charge < -0.3 is 9.47 Å². The molecule has 0 aromatic heterocycles. The summed E-state index contributed by atoms with van der Waals surface area (Å²) in [7, 11) is 2.79. The summed E-state index contributed by atoms with van der Waals surface area (Å²) in [4.78, 5) is 12.3. The first kappa shape index (κ1) is 14.9. The molecule has 2 aromatic carbocycles. The summed E-state index contributed by atoms with van der Waals surface area (Å²) in [5.41, 5.74) is -0.224. The molecule has 0 atom stereocenters. The van der Waals surface area contributed by atoms with E-state index < -0.39 is 23.2 Å². The number of carbonyl (C=O) groups is 1. The predicted molar refractivity (Wildman–Crippen MR) is 69.3 cm³/mol. The summed E-state index contributed by atoms with van der Waals surface area (Å²) in [6, 6.07) is 5.66. The third kappa shape index (κ3) is 2.84. The van der Waals surface area contributed by atoms with Crippen molar-refractivity contribution in [1.29, 1.82) is 0 Å². The third-order valence-corrected chi connectivity index (χ3v) is 2.90. The molecule has 110 valence electrons. The SMILES string of the molecule is COc1ccc(C(=O)c2cc(F)c(F)c(F)c2)c(OC)c1. The first-order valence-corrected chi connectivity index (χ1v) is 5.89. The van der Waals surface area contributed by atoms with E-state index in [1.807, 2.05) is 0 Å². The fraction of sp³-hybridized carbons (Fsp3) is 0.133. The van der Waals surface area contributed by atoms with Gasteiger partial charge in [0, 0.05) is 11.6 Å². The van der Waals surface area contributed by atoms with Crippen molar-refractivity contribution in [2.24, 2.45) is 0 Å². The average molecular weight is 296 g/mol. The normalized spacial score (nSPS) is 10.3. The number of ketones is 1. The van der Waals surface area contributed by atoms with E-state index in [0.717, 1.165) is 0 Å². The second-order valence-corrected chi connectivity index (χ2v) is 4.15. The van der Waals surface area contributed by atoms with Gasteiger partial charge in [0.1, 0.15) is 11.5 Å². The Morgan fingerprint density at radius 3 is 2.10 bits per heavy atom. The fourth-order valence-corrected chi connectivity index (χ4v) is 1.83. The van der Waals surface area contributed by atoms with Gasteiger partial charge in [-0.1, -0.05) is 0 Å². The van der Waals surface area contributed by atoms with E-state index in [1.165, 1.54) is 32.4 Å². The Bertz CT molecular complexity index is 676. The van der Waals surface area contributed by atoms with E-state index in [4.69, 9.17) is 9.47 Å². The Labute approximate surface area is 118 Å². The van der Waals surface area contributed by atoms with Crippen LogP contribution in [0.5, 0.6) is 11.5 Å². The third-order valence-electron chi connectivity index (χ3n) is 2.90. The number of halogens is 3. The van der Waals surface area contributed by atoms with Gasteiger partial charge in [-0.15, -0.1) is 0 Å². The van der Waals surface area contributed by atoms with E-state index in [0.29, 0.717) is 17.9 Å². The highest BCUT2D eigenvalue weighted by atomic mass is 19.2. The maximum atomic E-state index is 13.2. The zero-order valence-corrected chi connectivity index (χ0v) is 11.2. The Kier molecular flexibility index (Phi) is 4.16. The lowest BCUT2D eigenvalue weighted by molar-refractivity contribution is 0.103. The van der Waals surface area contributed by atoms with Crippen molar-refractivity contribution in [1.82, 2.24) is 0 Å². The van der Waals surface area contributed by atoms with Crippen LogP contribution in [-0.4, -0.2) is 20.0 Å². The van der Waals surface area contributed by atoms with Crippen LogP contribution in [-0.2, 0) is 0 Å². The number of methoxy groups -OCH3 is 2. The summed E-state index contributed by atoms with van der Waals surface area (Å²) in [6.45, 7) is 0. The van der Waals surface area contributed by atoms with Crippen molar-refractivity contribution in [2.45, 2.75) is 0 Å². The number of benzene rings is 2. The van der Waals surface area contributed by atoms with Crippen LogP contribution < -0.4 is 9.47 Å². The quantitative estimate of drug-likeness (QED) is 0.641. The Morgan fingerprint density at radius 1 is 0.952 bits per heavy atom. The lowest BCUT2D eigenvalue weighted by Gasteiger charge is -2.10. The summed E-state index contributed by atoms with van der Waals surface area (Å²) in [5.74, 6) is -4.51. The molecule has 0 aliphatic heterocycles. The lowest BCUT2D eigenvalue weighted by atomic mass is 10.0. The molecular formula is C15H11F3O3. The Morgan fingerprint density at radius 2 is 1.57 bits per heavy atom. The first-order valence-electron chi connectivity index (χ1n) is 5.89. The van der Waals surface area contributed by atoms with Gasteiger partial charge in [0.2, 0.25) is 0 Å². The fourth-order valence-electron chi connectivity index (χ4n) is 1.83. The predicted octanol–water partition coefficient (Wildman–Crippen LogP) is 3.35. The molecule has 21 heavy (non-hydrogen) atoms. The molecule has 0 bridgehead atoms. The molecule has 0 N–H and O–H groups in total. The summed E-state index contributed by atoms with van der Waals surface area (Å²) in [6.07, 6.45) is 0. The van der Waals surface area contributed by atoms with Crippen LogP contribution in [0, 0.1) is 17.5 Å². The van der Waals surface area contributed by atoms with Gasteiger partial charge >= 0.3 is 0 Å². The minimum atomic E-state index is -1.62. The smallest absolute Gasteiger partial charge is 0.196 e. The lowest BCUT2D eigenvalue weighted by Crippen LogP contribution is -2.06. The van der Waals surface area contributed by atoms with Crippen molar-refractivity contribution < 1.29 is 27.4 Å². The minimum Gasteiger partial charge on any atom is -0.497 e. The average Bonchev–Trinajstić information content (AvgIpc) is 2.50. The highest BCUT2D eigenvalue weighted by Crippen LogP contribution is 2.27. The molecule has 0 amide bonds. The molecule has 0 saturated carbocycles. The number of hydrogen-bond donors (Lipinski definition) is 0. The molecule has 0 spiro atoms. The summed E-state index contributed by atoms with van der Waals surface area (Å²) < 4.78 is 49.4. The maximum absolute atomic E-state index is 13.2. The van der Waals surface area contributed by atoms with E-state index in [9.17, 15) is 18.0 Å². The first-order chi connectivity index (χ1) is 9.97. The number of hydrogen-bond acceptors (Lipinski definition) is 3. The van der Waals surface area contributed by atoms with Crippen molar-refractivity contribution in [2.75, 3.05) is 14.2 Å². The standard InChI is InChI=1S/C15H11F3O3/c1-20-9-3-4-10(13(7-9)21-2)15(19)8-5-11(16)14(18)12(17)6-8/h3-7H,1-2H3. The van der Waals surface area contributed by atoms with Crippen LogP contribution >= 0.6 is 0 Å². The molecule has 0 unspecified atom stereocenters. The maximum Gasteiger partial charge on any atom is 0.196 e. The number of ether oxygens (including phenoxy) is 2. The molecule has 0 saturated heterocycles. The number of rotatable bonds is 4. The molecule has 0 radical (unpaired) electrons. The van der Waals surface area contributed by atoms with Gasteiger partial charge in [-0.2, -0.15) is 0 Å². The Balaban J connectivity index is 2.49. The van der Waals surface area contributed by atoms with Crippen LogP contribution in [0.1, 0.15) is 15.9 Å². The van der Waals surface area contributed by atoms with Crippen LogP contribution in [0.25, 0.3) is 0 Å². The minimum absolute atomic E-state index is 0.0868. The summed E-state index contributed by atoms with van der Waals surface area (Å²) in [5, 5.41) is 0. The molecule has 0 aliphatic rings. The van der Waals surface area contributed by atoms with Crippen LogP contribution in [0.3, 0.4) is 0 Å². The monoisotopic (exact) mass is 296 g/mol. The van der Waals surface area contributed by atoms with Gasteiger partial charge in [-0.05, 0) is 24.3 Å². The summed E-state index contributed by atoms with van der Waals surface area (Å²) >= 11 is 0. The molecule has 0 fully saturated rings. The van der Waals surface area contributed by atoms with Gasteiger partial charge in [-0.3, -0.25) is 4.79 Å². The van der Waals surface area contributed by atoms with Crippen LogP contribution in [0.4, 0.5) is 13.2 Å². The molecular weight excluding hydrogens is 285 g/mol. The zero-order valence-electron chi connectivity index (χ0n) is 11.2. The van der Waals surface area contributed by atoms with Crippen LogP contribution in [0.15, 0.2) is 30.3 Å². The molecule has 6 heteroatoms. The van der Waals surface area contributed by atoms with Gasteiger partial charge in [0.15, 0.2) is 23.2 Å². The number of carbonyl (C=O) groups excluding carboxylic acids is 1. The molecule has 2 aromatic rings. The van der Waals surface area contributed by atoms with Gasteiger partial charge in [0.05, 0.1) is 19.8 Å². The second-order valence-electron chi connectivity index (χ2n) is 4.15. The molecule has 2 rings (SSSR count). The van der Waals surface area contributed by atoms with Gasteiger partial charge in [-0.25, -0.2) is 13.2 Å².